The molecule has 0 atom stereocenters. The minimum absolute atomic E-state index is 0.0149. The van der Waals surface area contributed by atoms with Crippen molar-refractivity contribution in [3.63, 3.8) is 0 Å². The molecule has 0 aromatic carbocycles. The number of hydrogen-bond acceptors (Lipinski definition) is 6. The lowest BCUT2D eigenvalue weighted by molar-refractivity contribution is -0.195. The summed E-state index contributed by atoms with van der Waals surface area (Å²) in [5, 5.41) is 0. The van der Waals surface area contributed by atoms with E-state index in [0.29, 0.717) is 16.2 Å². The molecule has 4 heterocycles. The summed E-state index contributed by atoms with van der Waals surface area (Å²) in [7, 11) is -6.17. The highest BCUT2D eigenvalue weighted by Gasteiger charge is 2.60. The maximum absolute atomic E-state index is 12.0. The normalized spacial score (nSPS) is 26.9. The summed E-state index contributed by atoms with van der Waals surface area (Å²) in [4.78, 5) is 22.8. The van der Waals surface area contributed by atoms with E-state index in [1.807, 2.05) is 0 Å². The van der Waals surface area contributed by atoms with Crippen LogP contribution < -0.4 is 0 Å². The van der Waals surface area contributed by atoms with Crippen molar-refractivity contribution in [1.29, 1.82) is 0 Å². The standard InChI is InChI=1S/C8H10F3NO3S.C7H8F3NO3S/c9-8(10,11)6(13)12-3-7(4-12)1-2-16(14,15)5-7;8-7(9,10)5(12)11-1-6(2-11)3-15(13,14)4-6/h1-5H2;1-4H2. The molecule has 4 fully saturated rings. The molecule has 0 radical (unpaired) electrons. The number of carbonyl (C=O) groups is 2. The first-order chi connectivity index (χ1) is 13.8. The Labute approximate surface area is 173 Å². The van der Waals surface area contributed by atoms with E-state index < -0.39 is 54.7 Å². The number of rotatable bonds is 0. The van der Waals surface area contributed by atoms with E-state index in [4.69, 9.17) is 0 Å². The summed E-state index contributed by atoms with van der Waals surface area (Å²) in [5.41, 5.74) is -1.19. The average molecular weight is 500 g/mol. The van der Waals surface area contributed by atoms with Gasteiger partial charge >= 0.3 is 24.2 Å². The van der Waals surface area contributed by atoms with Gasteiger partial charge in [-0.3, -0.25) is 9.59 Å². The summed E-state index contributed by atoms with van der Waals surface area (Å²) < 4.78 is 116. The fourth-order valence-corrected chi connectivity index (χ4v) is 8.77. The zero-order valence-electron chi connectivity index (χ0n) is 15.8. The molecule has 0 aromatic heterocycles. The SMILES string of the molecule is O=C(N1CC2(C1)CS(=O)(=O)C2)C(F)(F)F.O=C(N1CC2(CCS(=O)(=O)C2)C1)C(F)(F)F. The molecule has 0 N–H and O–H groups in total. The van der Waals surface area contributed by atoms with Gasteiger partial charge in [-0.05, 0) is 6.42 Å². The Kier molecular flexibility index (Phi) is 5.40. The molecule has 4 aliphatic heterocycles. The largest absolute Gasteiger partial charge is 0.471 e. The van der Waals surface area contributed by atoms with Crippen LogP contribution in [0.25, 0.3) is 0 Å². The summed E-state index contributed by atoms with van der Waals surface area (Å²) in [6.07, 6.45) is -9.36. The summed E-state index contributed by atoms with van der Waals surface area (Å²) in [6.45, 7) is -0.371. The van der Waals surface area contributed by atoms with Crippen LogP contribution in [0.5, 0.6) is 0 Å². The van der Waals surface area contributed by atoms with Crippen molar-refractivity contribution >= 4 is 31.5 Å². The average Bonchev–Trinajstić information content (AvgIpc) is 2.82. The molecule has 178 valence electrons. The van der Waals surface area contributed by atoms with E-state index in [1.165, 1.54) is 0 Å². The van der Waals surface area contributed by atoms with Gasteiger partial charge in [0.15, 0.2) is 19.7 Å². The van der Waals surface area contributed by atoms with Crippen molar-refractivity contribution in [3.05, 3.63) is 0 Å². The fourth-order valence-electron chi connectivity index (χ4n) is 4.48. The van der Waals surface area contributed by atoms with E-state index in [2.05, 4.69) is 0 Å². The van der Waals surface area contributed by atoms with Gasteiger partial charge in [-0.25, -0.2) is 16.8 Å². The number of amides is 2. The zero-order valence-corrected chi connectivity index (χ0v) is 17.4. The van der Waals surface area contributed by atoms with Crippen LogP contribution in [0.2, 0.25) is 0 Å². The molecule has 2 amide bonds. The molecule has 4 rings (SSSR count). The van der Waals surface area contributed by atoms with Crippen molar-refractivity contribution in [1.82, 2.24) is 9.80 Å². The number of carbonyl (C=O) groups excluding carboxylic acids is 2. The van der Waals surface area contributed by atoms with Gasteiger partial charge in [0, 0.05) is 37.0 Å². The van der Waals surface area contributed by atoms with Crippen molar-refractivity contribution in [2.24, 2.45) is 10.8 Å². The summed E-state index contributed by atoms with van der Waals surface area (Å²) in [5.74, 6) is -4.02. The Morgan fingerprint density at radius 1 is 0.645 bits per heavy atom. The van der Waals surface area contributed by atoms with Gasteiger partial charge in [0.25, 0.3) is 0 Å². The van der Waals surface area contributed by atoms with Crippen molar-refractivity contribution < 1.29 is 52.8 Å². The molecule has 8 nitrogen and oxygen atoms in total. The van der Waals surface area contributed by atoms with E-state index >= 15 is 0 Å². The molecule has 0 aliphatic carbocycles. The number of nitrogens with zero attached hydrogens (tertiary/aromatic N) is 2. The van der Waals surface area contributed by atoms with E-state index in [9.17, 15) is 52.8 Å². The Hall–Kier alpha value is -1.58. The lowest BCUT2D eigenvalue weighted by Gasteiger charge is -2.54. The van der Waals surface area contributed by atoms with Crippen molar-refractivity contribution in [3.8, 4) is 0 Å². The quantitative estimate of drug-likeness (QED) is 0.434. The highest BCUT2D eigenvalue weighted by molar-refractivity contribution is 7.92. The third-order valence-corrected chi connectivity index (χ3v) is 9.67. The van der Waals surface area contributed by atoms with E-state index in [1.54, 1.807) is 0 Å². The van der Waals surface area contributed by atoms with Crippen molar-refractivity contribution in [2.75, 3.05) is 49.2 Å². The van der Waals surface area contributed by atoms with Crippen LogP contribution in [0.4, 0.5) is 26.3 Å². The van der Waals surface area contributed by atoms with Crippen LogP contribution in [0.1, 0.15) is 6.42 Å². The second-order valence-electron chi connectivity index (χ2n) is 8.69. The minimum atomic E-state index is -4.86. The summed E-state index contributed by atoms with van der Waals surface area (Å²) >= 11 is 0. The molecule has 4 saturated heterocycles. The number of alkyl halides is 6. The molecular weight excluding hydrogens is 482 g/mol. The topological polar surface area (TPSA) is 109 Å². The monoisotopic (exact) mass is 500 g/mol. The lowest BCUT2D eigenvalue weighted by atomic mass is 9.79. The fraction of sp³-hybridized carbons (Fsp3) is 0.867. The molecule has 16 heteroatoms. The predicted molar refractivity (Wildman–Crippen MR) is 92.1 cm³/mol. The highest BCUT2D eigenvalue weighted by Crippen LogP contribution is 2.43. The van der Waals surface area contributed by atoms with Crippen LogP contribution >= 0.6 is 0 Å². The molecule has 2 spiro atoms. The molecular formula is C15H18F6N2O6S2. The lowest BCUT2D eigenvalue weighted by Crippen LogP contribution is -2.70. The van der Waals surface area contributed by atoms with Crippen molar-refractivity contribution in [2.45, 2.75) is 18.8 Å². The number of halogens is 6. The second kappa shape index (κ2) is 6.96. The second-order valence-corrected chi connectivity index (χ2v) is 12.9. The first-order valence-electron chi connectivity index (χ1n) is 8.90. The Bertz CT molecular complexity index is 978. The van der Waals surface area contributed by atoms with Gasteiger partial charge in [-0.2, -0.15) is 26.3 Å². The smallest absolute Gasteiger partial charge is 0.334 e. The third kappa shape index (κ3) is 4.93. The highest BCUT2D eigenvalue weighted by atomic mass is 32.2. The number of hydrogen-bond donors (Lipinski definition) is 0. The molecule has 0 aromatic rings. The molecule has 0 unspecified atom stereocenters. The molecule has 0 bridgehead atoms. The zero-order chi connectivity index (χ0) is 23.7. The number of likely N-dealkylation sites (tertiary alicyclic amines) is 2. The minimum Gasteiger partial charge on any atom is -0.334 e. The van der Waals surface area contributed by atoms with Crippen LogP contribution in [-0.4, -0.2) is 100.0 Å². The van der Waals surface area contributed by atoms with Crippen LogP contribution in [0.3, 0.4) is 0 Å². The van der Waals surface area contributed by atoms with E-state index in [0.717, 1.165) is 0 Å². The van der Waals surface area contributed by atoms with E-state index in [-0.39, 0.29) is 49.2 Å². The van der Waals surface area contributed by atoms with Gasteiger partial charge < -0.3 is 9.80 Å². The van der Waals surface area contributed by atoms with Gasteiger partial charge in [0.1, 0.15) is 0 Å². The first kappa shape index (κ1) is 24.1. The van der Waals surface area contributed by atoms with Gasteiger partial charge in [0.05, 0.1) is 23.0 Å². The molecule has 4 aliphatic rings. The van der Waals surface area contributed by atoms with Gasteiger partial charge in [-0.1, -0.05) is 0 Å². The van der Waals surface area contributed by atoms with Crippen LogP contribution in [-0.2, 0) is 29.3 Å². The third-order valence-electron chi connectivity index (χ3n) is 5.69. The maximum atomic E-state index is 12.0. The Morgan fingerprint density at radius 3 is 1.29 bits per heavy atom. The van der Waals surface area contributed by atoms with Gasteiger partial charge in [-0.15, -0.1) is 0 Å². The molecule has 0 saturated carbocycles. The number of sulfone groups is 2. The van der Waals surface area contributed by atoms with Gasteiger partial charge in [0.2, 0.25) is 0 Å². The summed E-state index contributed by atoms with van der Waals surface area (Å²) in [6, 6.07) is 0. The maximum Gasteiger partial charge on any atom is 0.471 e. The molecule has 31 heavy (non-hydrogen) atoms. The Morgan fingerprint density at radius 2 is 1.00 bits per heavy atom. The first-order valence-corrected chi connectivity index (χ1v) is 12.5. The van der Waals surface area contributed by atoms with Crippen LogP contribution in [0, 0.1) is 10.8 Å². The van der Waals surface area contributed by atoms with Crippen LogP contribution in [0.15, 0.2) is 0 Å². The Balaban J connectivity index is 0.000000176. The predicted octanol–water partition coefficient (Wildman–Crippen LogP) is 0.00150.